The molecule has 168 valence electrons. The number of rotatable bonds is 5. The summed E-state index contributed by atoms with van der Waals surface area (Å²) in [7, 11) is 0. The number of fused-ring (bicyclic) bond motifs is 2. The largest absolute Gasteiger partial charge is 0.319 e. The molecule has 1 aliphatic rings. The first-order valence-corrected chi connectivity index (χ1v) is 11.1. The Bertz CT molecular complexity index is 1300. The Morgan fingerprint density at radius 1 is 0.824 bits per heavy atom. The molecular weight excluding hydrogens is 424 g/mol. The second-order valence-electron chi connectivity index (χ2n) is 8.47. The maximum atomic E-state index is 14.4. The molecule has 6 heteroatoms. The summed E-state index contributed by atoms with van der Waals surface area (Å²) in [5, 5.41) is 2.88. The molecule has 0 spiro atoms. The second kappa shape index (κ2) is 8.92. The molecule has 3 N–H and O–H groups in total. The lowest BCUT2D eigenvalue weighted by atomic mass is 9.84. The zero-order valence-corrected chi connectivity index (χ0v) is 18.5. The number of nitrogens with zero attached hydrogens (tertiary/aromatic N) is 2. The number of hydrogen-bond acceptors (Lipinski definition) is 4. The smallest absolute Gasteiger partial charge is 0.257 e. The number of nitrogens with two attached hydrogens (primary N) is 1. The van der Waals surface area contributed by atoms with Gasteiger partial charge in [-0.1, -0.05) is 72.8 Å². The average molecular weight is 449 g/mol. The maximum absolute atomic E-state index is 14.4. The van der Waals surface area contributed by atoms with Gasteiger partial charge < -0.3 is 11.1 Å². The average Bonchev–Trinajstić information content (AvgIpc) is 2.98. The molecule has 2 heterocycles. The quantitative estimate of drug-likeness (QED) is 0.471. The van der Waals surface area contributed by atoms with E-state index in [0.29, 0.717) is 35.6 Å². The van der Waals surface area contributed by atoms with Crippen LogP contribution in [0.25, 0.3) is 0 Å². The molecule has 1 aromatic heterocycles. The molecule has 0 saturated carbocycles. The van der Waals surface area contributed by atoms with E-state index >= 15 is 0 Å². The van der Waals surface area contributed by atoms with Gasteiger partial charge in [0.25, 0.3) is 11.8 Å². The van der Waals surface area contributed by atoms with Gasteiger partial charge in [0.1, 0.15) is 5.54 Å². The van der Waals surface area contributed by atoms with Gasteiger partial charge in [-0.2, -0.15) is 0 Å². The van der Waals surface area contributed by atoms with Crippen molar-refractivity contribution >= 4 is 29.0 Å². The molecule has 3 aromatic carbocycles. The molecule has 5 rings (SSSR count). The highest BCUT2D eigenvalue weighted by Gasteiger charge is 2.42. The van der Waals surface area contributed by atoms with Crippen LogP contribution in [0.4, 0.5) is 17.2 Å². The highest BCUT2D eigenvalue weighted by atomic mass is 16.2. The van der Waals surface area contributed by atoms with Gasteiger partial charge in [-0.15, -0.1) is 0 Å². The Kier molecular flexibility index (Phi) is 5.65. The number of benzene rings is 3. The molecule has 0 atom stereocenters. The number of nitrogens with one attached hydrogen (secondary N) is 1. The van der Waals surface area contributed by atoms with Crippen LogP contribution in [0.1, 0.15) is 21.5 Å². The molecule has 2 amide bonds. The zero-order valence-electron chi connectivity index (χ0n) is 18.5. The third kappa shape index (κ3) is 4.07. The van der Waals surface area contributed by atoms with Gasteiger partial charge in [0.15, 0.2) is 5.82 Å². The van der Waals surface area contributed by atoms with Crippen LogP contribution in [0, 0.1) is 0 Å². The van der Waals surface area contributed by atoms with E-state index in [4.69, 9.17) is 5.73 Å². The van der Waals surface area contributed by atoms with Gasteiger partial charge in [0.05, 0.1) is 16.9 Å². The number of hydrogen-bond donors (Lipinski definition) is 2. The van der Waals surface area contributed by atoms with Crippen molar-refractivity contribution < 1.29 is 9.59 Å². The highest BCUT2D eigenvalue weighted by Crippen LogP contribution is 2.38. The van der Waals surface area contributed by atoms with E-state index in [1.807, 2.05) is 60.7 Å². The van der Waals surface area contributed by atoms with Crippen molar-refractivity contribution in [3.63, 3.8) is 0 Å². The minimum absolute atomic E-state index is 0.297. The molecule has 4 aromatic rings. The van der Waals surface area contributed by atoms with E-state index in [0.717, 1.165) is 11.1 Å². The summed E-state index contributed by atoms with van der Waals surface area (Å²) >= 11 is 0. The number of anilines is 3. The number of carbonyl (C=O) groups excluding carboxylic acids is 2. The third-order valence-electron chi connectivity index (χ3n) is 5.99. The fraction of sp³-hybridized carbons (Fsp3) is 0.107. The van der Waals surface area contributed by atoms with Gasteiger partial charge in [0, 0.05) is 6.20 Å². The van der Waals surface area contributed by atoms with Gasteiger partial charge in [0.2, 0.25) is 0 Å². The minimum atomic E-state index is -1.29. The summed E-state index contributed by atoms with van der Waals surface area (Å²) in [4.78, 5) is 33.4. The van der Waals surface area contributed by atoms with Crippen LogP contribution in [-0.4, -0.2) is 22.3 Å². The maximum Gasteiger partial charge on any atom is 0.257 e. The lowest BCUT2D eigenvalue weighted by Crippen LogP contribution is -2.57. The highest BCUT2D eigenvalue weighted by molar-refractivity contribution is 6.18. The standard InChI is InChI=1S/C28H24N4O2/c29-28(18-20-10-3-1-4-11-20,19-21-12-5-2-6-13-21)27(34)32-24-16-8-7-14-22(24)26(33)31-23-15-9-17-30-25(23)32/h1-17H,18-19,29H2,(H,31,33). The second-order valence-corrected chi connectivity index (χ2v) is 8.47. The van der Waals surface area contributed by atoms with Crippen LogP contribution in [0.2, 0.25) is 0 Å². The van der Waals surface area contributed by atoms with E-state index in [1.165, 1.54) is 4.90 Å². The third-order valence-corrected chi connectivity index (χ3v) is 5.99. The molecule has 0 radical (unpaired) electrons. The Labute approximate surface area is 198 Å². The van der Waals surface area contributed by atoms with Gasteiger partial charge in [-0.05, 0) is 48.2 Å². The Morgan fingerprint density at radius 2 is 1.41 bits per heavy atom. The zero-order chi connectivity index (χ0) is 23.5. The van der Waals surface area contributed by atoms with Crippen LogP contribution in [0.5, 0.6) is 0 Å². The van der Waals surface area contributed by atoms with Crippen molar-refractivity contribution in [2.75, 3.05) is 10.2 Å². The Balaban J connectivity index is 1.66. The van der Waals surface area contributed by atoms with Crippen molar-refractivity contribution in [3.05, 3.63) is 120 Å². The number of carbonyl (C=O) groups is 2. The molecular formula is C28H24N4O2. The van der Waals surface area contributed by atoms with Crippen LogP contribution in [-0.2, 0) is 17.6 Å². The topological polar surface area (TPSA) is 88.3 Å². The van der Waals surface area contributed by atoms with Crippen molar-refractivity contribution in [2.24, 2.45) is 5.73 Å². The van der Waals surface area contributed by atoms with Crippen molar-refractivity contribution in [1.82, 2.24) is 4.98 Å². The molecule has 34 heavy (non-hydrogen) atoms. The van der Waals surface area contributed by atoms with Crippen LogP contribution < -0.4 is 16.0 Å². The fourth-order valence-electron chi connectivity index (χ4n) is 4.40. The number of pyridine rings is 1. The molecule has 0 aliphatic carbocycles. The van der Waals surface area contributed by atoms with E-state index in [9.17, 15) is 9.59 Å². The van der Waals surface area contributed by atoms with Crippen LogP contribution in [0.3, 0.4) is 0 Å². The predicted octanol–water partition coefficient (Wildman–Crippen LogP) is 4.49. The van der Waals surface area contributed by atoms with E-state index in [-0.39, 0.29) is 11.8 Å². The molecule has 1 aliphatic heterocycles. The first-order valence-electron chi connectivity index (χ1n) is 11.1. The minimum Gasteiger partial charge on any atom is -0.319 e. The van der Waals surface area contributed by atoms with Crippen molar-refractivity contribution in [3.8, 4) is 0 Å². The first kappa shape index (κ1) is 21.6. The summed E-state index contributed by atoms with van der Waals surface area (Å²) in [6.07, 6.45) is 2.25. The fourth-order valence-corrected chi connectivity index (χ4v) is 4.40. The number of amides is 2. The normalized spacial score (nSPS) is 12.9. The van der Waals surface area contributed by atoms with Crippen molar-refractivity contribution in [2.45, 2.75) is 18.4 Å². The van der Waals surface area contributed by atoms with Gasteiger partial charge in [-0.3, -0.25) is 14.5 Å². The molecule has 0 fully saturated rings. The summed E-state index contributed by atoms with van der Waals surface area (Å²) < 4.78 is 0. The van der Waals surface area contributed by atoms with Crippen molar-refractivity contribution in [1.29, 1.82) is 0 Å². The lowest BCUT2D eigenvalue weighted by molar-refractivity contribution is -0.123. The van der Waals surface area contributed by atoms with Crippen LogP contribution >= 0.6 is 0 Å². The Hall–Kier alpha value is -4.29. The van der Waals surface area contributed by atoms with Gasteiger partial charge in [-0.25, -0.2) is 4.98 Å². The lowest BCUT2D eigenvalue weighted by Gasteiger charge is -2.34. The summed E-state index contributed by atoms with van der Waals surface area (Å²) in [5.74, 6) is -0.278. The summed E-state index contributed by atoms with van der Waals surface area (Å²) in [5.41, 5.74) is 8.92. The summed E-state index contributed by atoms with van der Waals surface area (Å²) in [6, 6.07) is 29.9. The van der Waals surface area contributed by atoms with Crippen LogP contribution in [0.15, 0.2) is 103 Å². The molecule has 6 nitrogen and oxygen atoms in total. The first-order chi connectivity index (χ1) is 16.5. The summed E-state index contributed by atoms with van der Waals surface area (Å²) in [6.45, 7) is 0. The number of para-hydroxylation sites is 1. The van der Waals surface area contributed by atoms with E-state index in [1.54, 1.807) is 42.6 Å². The van der Waals surface area contributed by atoms with Gasteiger partial charge >= 0.3 is 0 Å². The van der Waals surface area contributed by atoms with E-state index < -0.39 is 5.54 Å². The SMILES string of the molecule is NC(Cc1ccccc1)(Cc1ccccc1)C(=O)N1c2ccccc2C(=O)Nc2cccnc21. The predicted molar refractivity (Wildman–Crippen MR) is 133 cm³/mol. The van der Waals surface area contributed by atoms with E-state index in [2.05, 4.69) is 10.3 Å². The molecule has 0 bridgehead atoms. The Morgan fingerprint density at radius 3 is 2.06 bits per heavy atom. The molecule has 0 saturated heterocycles. The molecule has 0 unspecified atom stereocenters. The number of aromatic nitrogens is 1. The monoisotopic (exact) mass is 448 g/mol.